The van der Waals surface area contributed by atoms with Gasteiger partial charge in [-0.1, -0.05) is 37.3 Å². The molecule has 240 valence electrons. The molecule has 0 spiro atoms. The Labute approximate surface area is 266 Å². The summed E-state index contributed by atoms with van der Waals surface area (Å²) in [4.78, 5) is 32.3. The van der Waals surface area contributed by atoms with E-state index in [1.54, 1.807) is 47.4 Å². The monoisotopic (exact) mass is 633 g/mol. The lowest BCUT2D eigenvalue weighted by Crippen LogP contribution is -2.40. The number of hydrogen-bond acceptors (Lipinski definition) is 7. The van der Waals surface area contributed by atoms with E-state index in [2.05, 4.69) is 18.7 Å². The van der Waals surface area contributed by atoms with Crippen LogP contribution >= 0.6 is 0 Å². The van der Waals surface area contributed by atoms with Gasteiger partial charge >= 0.3 is 0 Å². The molecule has 0 radical (unpaired) electrons. The van der Waals surface area contributed by atoms with Gasteiger partial charge in [-0.05, 0) is 94.1 Å². The summed E-state index contributed by atoms with van der Waals surface area (Å²) in [5.74, 6) is 0.904. The van der Waals surface area contributed by atoms with Gasteiger partial charge in [-0.3, -0.25) is 9.59 Å². The molecule has 2 aliphatic rings. The van der Waals surface area contributed by atoms with Crippen LogP contribution in [0.3, 0.4) is 0 Å². The lowest BCUT2D eigenvalue weighted by atomic mass is 10.1. The minimum atomic E-state index is -3.71. The second-order valence-electron chi connectivity index (χ2n) is 11.8. The Balaban J connectivity index is 1.13. The number of carbonyl (C=O) groups excluding carboxylic acids is 2. The van der Waals surface area contributed by atoms with Gasteiger partial charge < -0.3 is 24.2 Å². The van der Waals surface area contributed by atoms with Gasteiger partial charge in [0.25, 0.3) is 5.91 Å². The summed E-state index contributed by atoms with van der Waals surface area (Å²) in [5.41, 5.74) is 1.58. The summed E-state index contributed by atoms with van der Waals surface area (Å²) in [7, 11) is -3.71. The van der Waals surface area contributed by atoms with E-state index in [-0.39, 0.29) is 41.0 Å². The number of sulfone groups is 1. The fraction of sp³-hybridized carbons (Fsp3) is 0.429. The van der Waals surface area contributed by atoms with E-state index in [1.165, 1.54) is 6.07 Å². The van der Waals surface area contributed by atoms with Gasteiger partial charge in [0.2, 0.25) is 22.5 Å². The normalized spacial score (nSPS) is 15.8. The highest BCUT2D eigenvalue weighted by Gasteiger charge is 2.26. The predicted molar refractivity (Wildman–Crippen MR) is 172 cm³/mol. The molecule has 45 heavy (non-hydrogen) atoms. The van der Waals surface area contributed by atoms with Crippen LogP contribution in [0.25, 0.3) is 0 Å². The molecule has 0 N–H and O–H groups in total. The number of benzene rings is 3. The highest BCUT2D eigenvalue weighted by molar-refractivity contribution is 7.91. The molecule has 3 aromatic carbocycles. The van der Waals surface area contributed by atoms with Crippen molar-refractivity contribution >= 4 is 21.7 Å². The first kappa shape index (κ1) is 32.5. The number of amides is 2. The minimum absolute atomic E-state index is 0.00569. The number of nitrogens with zero attached hydrogens (tertiary/aromatic N) is 3. The summed E-state index contributed by atoms with van der Waals surface area (Å²) >= 11 is 0. The average Bonchev–Trinajstić information content (AvgIpc) is 3.45. The van der Waals surface area contributed by atoms with Crippen molar-refractivity contribution in [1.29, 1.82) is 0 Å². The van der Waals surface area contributed by atoms with Crippen molar-refractivity contribution in [2.24, 2.45) is 0 Å². The predicted octanol–water partition coefficient (Wildman–Crippen LogP) is 5.05. The molecular weight excluding hydrogens is 590 g/mol. The zero-order chi connectivity index (χ0) is 31.8. The summed E-state index contributed by atoms with van der Waals surface area (Å²) in [6, 6.07) is 21.3. The molecule has 1 saturated heterocycles. The van der Waals surface area contributed by atoms with Crippen LogP contribution in [0.15, 0.2) is 82.6 Å². The zero-order valence-electron chi connectivity index (χ0n) is 26.2. The fourth-order valence-electron chi connectivity index (χ4n) is 6.04. The van der Waals surface area contributed by atoms with Gasteiger partial charge in [-0.2, -0.15) is 0 Å². The molecule has 0 saturated carbocycles. The van der Waals surface area contributed by atoms with E-state index >= 15 is 0 Å². The molecule has 2 amide bonds. The van der Waals surface area contributed by atoms with Crippen LogP contribution in [-0.4, -0.2) is 87.0 Å². The molecule has 3 aromatic rings. The molecule has 0 aliphatic carbocycles. The van der Waals surface area contributed by atoms with Gasteiger partial charge in [0, 0.05) is 37.3 Å². The minimum Gasteiger partial charge on any atom is -0.454 e. The summed E-state index contributed by atoms with van der Waals surface area (Å²) in [5, 5.41) is 0. The van der Waals surface area contributed by atoms with Crippen LogP contribution in [0.1, 0.15) is 55.5 Å². The van der Waals surface area contributed by atoms with Crippen LogP contribution in [0, 0.1) is 0 Å². The fourth-order valence-corrected chi connectivity index (χ4v) is 7.39. The third-order valence-electron chi connectivity index (χ3n) is 8.49. The number of ether oxygens (including phenoxy) is 2. The number of fused-ring (bicyclic) bond motifs is 1. The number of hydrogen-bond donors (Lipinski definition) is 0. The topological polar surface area (TPSA) is 96.5 Å². The Morgan fingerprint density at radius 2 is 1.69 bits per heavy atom. The van der Waals surface area contributed by atoms with Crippen LogP contribution in [0.4, 0.5) is 0 Å². The van der Waals surface area contributed by atoms with Crippen molar-refractivity contribution in [1.82, 2.24) is 14.7 Å². The van der Waals surface area contributed by atoms with Crippen molar-refractivity contribution in [3.63, 3.8) is 0 Å². The first-order valence-electron chi connectivity index (χ1n) is 15.9. The molecule has 2 aliphatic heterocycles. The van der Waals surface area contributed by atoms with Crippen molar-refractivity contribution < 1.29 is 27.5 Å². The maximum absolute atomic E-state index is 13.4. The molecule has 2 heterocycles. The van der Waals surface area contributed by atoms with E-state index in [0.717, 1.165) is 50.8 Å². The van der Waals surface area contributed by atoms with Crippen molar-refractivity contribution in [3.8, 4) is 11.5 Å². The molecule has 1 unspecified atom stereocenters. The van der Waals surface area contributed by atoms with Crippen LogP contribution in [0.5, 0.6) is 11.5 Å². The lowest BCUT2D eigenvalue weighted by molar-refractivity contribution is -0.130. The molecule has 1 atom stereocenters. The highest BCUT2D eigenvalue weighted by Crippen LogP contribution is 2.35. The molecule has 0 aromatic heterocycles. The Hall–Kier alpha value is -3.89. The first-order chi connectivity index (χ1) is 21.8. The van der Waals surface area contributed by atoms with Crippen molar-refractivity contribution in [3.05, 3.63) is 83.9 Å². The van der Waals surface area contributed by atoms with Crippen molar-refractivity contribution in [2.45, 2.75) is 61.8 Å². The van der Waals surface area contributed by atoms with E-state index in [9.17, 15) is 18.0 Å². The molecule has 0 bridgehead atoms. The van der Waals surface area contributed by atoms with Gasteiger partial charge in [0.1, 0.15) is 6.54 Å². The average molecular weight is 634 g/mol. The number of carbonyl (C=O) groups is 2. The largest absolute Gasteiger partial charge is 0.454 e. The lowest BCUT2D eigenvalue weighted by Gasteiger charge is -2.29. The molecule has 5 rings (SSSR count). The van der Waals surface area contributed by atoms with E-state index in [0.29, 0.717) is 36.7 Å². The van der Waals surface area contributed by atoms with Gasteiger partial charge in [-0.25, -0.2) is 8.42 Å². The Morgan fingerprint density at radius 1 is 0.911 bits per heavy atom. The van der Waals surface area contributed by atoms with Gasteiger partial charge in [-0.15, -0.1) is 0 Å². The van der Waals surface area contributed by atoms with E-state index in [4.69, 9.17) is 9.47 Å². The van der Waals surface area contributed by atoms with Crippen LogP contribution in [0.2, 0.25) is 0 Å². The molecule has 1 fully saturated rings. The first-order valence-corrected chi connectivity index (χ1v) is 17.3. The smallest absolute Gasteiger partial charge is 0.254 e. The van der Waals surface area contributed by atoms with Gasteiger partial charge in [0.15, 0.2) is 11.5 Å². The van der Waals surface area contributed by atoms with E-state index < -0.39 is 9.84 Å². The van der Waals surface area contributed by atoms with E-state index in [1.807, 2.05) is 29.2 Å². The molecular formula is C35H43N3O6S. The maximum Gasteiger partial charge on any atom is 0.254 e. The van der Waals surface area contributed by atoms with Gasteiger partial charge in [0.05, 0.1) is 9.79 Å². The number of rotatable bonds is 13. The Morgan fingerprint density at radius 3 is 2.49 bits per heavy atom. The quantitative estimate of drug-likeness (QED) is 0.243. The number of unbranched alkanes of at least 4 members (excludes halogenated alkanes) is 1. The van der Waals surface area contributed by atoms with Crippen LogP contribution < -0.4 is 9.47 Å². The van der Waals surface area contributed by atoms with Crippen molar-refractivity contribution in [2.75, 3.05) is 46.1 Å². The van der Waals surface area contributed by atoms with Crippen LogP contribution in [-0.2, 0) is 21.1 Å². The third-order valence-corrected chi connectivity index (χ3v) is 10.2. The highest BCUT2D eigenvalue weighted by atomic mass is 32.2. The Bertz CT molecular complexity index is 1580. The summed E-state index contributed by atoms with van der Waals surface area (Å²) < 4.78 is 37.5. The second kappa shape index (κ2) is 14.9. The third kappa shape index (κ3) is 8.04. The standard InChI is InChI=1S/C35H43N3O6S/c1-3-17-36(18-7-8-19-37-20-10-21-38(25-34(37)39)35(40)29-12-5-4-6-13-29)27(2)22-28-11-9-14-30(23-28)45(41,42)31-15-16-32-33(24-31)44-26-43-32/h4-6,9,11-16,23-24,27H,3,7-8,10,17-22,25-26H2,1-2H3. The molecule has 9 nitrogen and oxygen atoms in total. The summed E-state index contributed by atoms with van der Waals surface area (Å²) in [6.45, 7) is 8.32. The Kier molecular flexibility index (Phi) is 10.8. The summed E-state index contributed by atoms with van der Waals surface area (Å²) in [6.07, 6.45) is 4.33. The zero-order valence-corrected chi connectivity index (χ0v) is 27.0. The second-order valence-corrected chi connectivity index (χ2v) is 13.7. The maximum atomic E-state index is 13.4. The molecule has 10 heteroatoms. The SMILES string of the molecule is CCCN(CCCCN1CCCN(C(=O)c2ccccc2)CC1=O)C(C)Cc1cccc(S(=O)(=O)c2ccc3c(c2)OCO3)c1.